The monoisotopic (exact) mass is 329 g/mol. The molecule has 128 valence electrons. The standard InChI is InChI=1S/C18H25N5O/c1-21-7-4-14-15(12-19)17(23-8-10-24-11-9-23)20-18(16(14)13-21)22-5-2-3-6-22/h2-11,13H2,1H3/p+2. The molecule has 0 radical (unpaired) electrons. The van der Waals surface area contributed by atoms with E-state index in [1.807, 2.05) is 0 Å². The van der Waals surface area contributed by atoms with Crippen LogP contribution < -0.4 is 19.7 Å². The van der Waals surface area contributed by atoms with E-state index in [-0.39, 0.29) is 0 Å². The number of hydrogen-bond donors (Lipinski definition) is 1. The zero-order valence-electron chi connectivity index (χ0n) is 14.5. The van der Waals surface area contributed by atoms with Gasteiger partial charge in [-0.25, -0.2) is 4.98 Å². The fraction of sp³-hybridized carbons (Fsp3) is 0.667. The smallest absolute Gasteiger partial charge is 0.240 e. The van der Waals surface area contributed by atoms with Crippen LogP contribution in [0.25, 0.3) is 0 Å². The van der Waals surface area contributed by atoms with Gasteiger partial charge in [0, 0.05) is 6.42 Å². The number of anilines is 2. The number of aromatic amines is 1. The van der Waals surface area contributed by atoms with Crippen molar-refractivity contribution in [2.24, 2.45) is 0 Å². The predicted octanol–water partition coefficient (Wildman–Crippen LogP) is -0.620. The molecule has 0 saturated carbocycles. The Morgan fingerprint density at radius 1 is 1.04 bits per heavy atom. The Kier molecular flexibility index (Phi) is 4.30. The van der Waals surface area contributed by atoms with Crippen LogP contribution in [0.3, 0.4) is 0 Å². The van der Waals surface area contributed by atoms with Crippen molar-refractivity contribution < 1.29 is 14.6 Å². The van der Waals surface area contributed by atoms with Gasteiger partial charge in [0.25, 0.3) is 0 Å². The number of aromatic nitrogens is 1. The number of fused-ring (bicyclic) bond motifs is 1. The number of quaternary nitrogens is 1. The van der Waals surface area contributed by atoms with Crippen molar-refractivity contribution in [1.82, 2.24) is 0 Å². The fourth-order valence-corrected chi connectivity index (χ4v) is 4.24. The van der Waals surface area contributed by atoms with E-state index in [1.54, 1.807) is 0 Å². The Hall–Kier alpha value is -1.84. The van der Waals surface area contributed by atoms with Gasteiger partial charge >= 0.3 is 0 Å². The number of pyridine rings is 1. The predicted molar refractivity (Wildman–Crippen MR) is 91.4 cm³/mol. The molecule has 0 aliphatic carbocycles. The van der Waals surface area contributed by atoms with E-state index in [0.717, 1.165) is 70.3 Å². The van der Waals surface area contributed by atoms with Gasteiger partial charge in [-0.15, -0.1) is 0 Å². The summed E-state index contributed by atoms with van der Waals surface area (Å²) in [5.41, 5.74) is 3.52. The summed E-state index contributed by atoms with van der Waals surface area (Å²) in [5.74, 6) is 2.28. The third-order valence-electron chi connectivity index (χ3n) is 5.57. The highest BCUT2D eigenvalue weighted by molar-refractivity contribution is 5.62. The summed E-state index contributed by atoms with van der Waals surface area (Å²) in [4.78, 5) is 10.00. The number of likely N-dealkylation sites (N-methyl/N-ethyl adjacent to an activating group) is 1. The summed E-state index contributed by atoms with van der Waals surface area (Å²) in [6.45, 7) is 7.54. The second kappa shape index (κ2) is 6.58. The number of nitrogens with zero attached hydrogens (tertiary/aromatic N) is 3. The lowest BCUT2D eigenvalue weighted by molar-refractivity contribution is -0.895. The summed E-state index contributed by atoms with van der Waals surface area (Å²) in [7, 11) is 2.25. The van der Waals surface area contributed by atoms with Gasteiger partial charge in [0.15, 0.2) is 0 Å². The summed E-state index contributed by atoms with van der Waals surface area (Å²) < 4.78 is 5.50. The number of hydrogen-bond acceptors (Lipinski definition) is 4. The van der Waals surface area contributed by atoms with E-state index in [9.17, 15) is 5.26 Å². The molecule has 6 nitrogen and oxygen atoms in total. The molecule has 4 rings (SSSR count). The summed E-state index contributed by atoms with van der Waals surface area (Å²) in [6, 6.07) is 2.51. The molecule has 1 aromatic rings. The Morgan fingerprint density at radius 2 is 1.75 bits per heavy atom. The Labute approximate surface area is 143 Å². The summed E-state index contributed by atoms with van der Waals surface area (Å²) >= 11 is 0. The lowest BCUT2D eigenvalue weighted by Gasteiger charge is -2.30. The van der Waals surface area contributed by atoms with Gasteiger partial charge < -0.3 is 9.64 Å². The molecule has 2 saturated heterocycles. The van der Waals surface area contributed by atoms with Gasteiger partial charge in [-0.3, -0.25) is 9.80 Å². The first-order valence-corrected chi connectivity index (χ1v) is 9.18. The lowest BCUT2D eigenvalue weighted by Crippen LogP contribution is -3.08. The molecule has 6 heteroatoms. The molecular formula is C18H27N5O+2. The van der Waals surface area contributed by atoms with E-state index >= 15 is 0 Å². The highest BCUT2D eigenvalue weighted by Crippen LogP contribution is 2.31. The molecule has 0 spiro atoms. The van der Waals surface area contributed by atoms with Crippen molar-refractivity contribution >= 4 is 11.6 Å². The number of morpholine rings is 1. The second-order valence-electron chi connectivity index (χ2n) is 7.19. The van der Waals surface area contributed by atoms with E-state index in [1.165, 1.54) is 34.7 Å². The fourth-order valence-electron chi connectivity index (χ4n) is 4.24. The van der Waals surface area contributed by atoms with Crippen molar-refractivity contribution in [3.63, 3.8) is 0 Å². The van der Waals surface area contributed by atoms with Crippen LogP contribution in [0.1, 0.15) is 29.5 Å². The van der Waals surface area contributed by atoms with Crippen molar-refractivity contribution in [2.75, 3.05) is 62.8 Å². The first kappa shape index (κ1) is 15.7. The van der Waals surface area contributed by atoms with Gasteiger partial charge in [-0.1, -0.05) is 0 Å². The third-order valence-corrected chi connectivity index (χ3v) is 5.57. The van der Waals surface area contributed by atoms with Crippen LogP contribution in [-0.4, -0.2) is 53.0 Å². The number of ether oxygens (including phenoxy) is 1. The number of H-pyrrole nitrogens is 1. The molecule has 3 aliphatic rings. The number of rotatable bonds is 2. The van der Waals surface area contributed by atoms with Gasteiger partial charge in [0.1, 0.15) is 18.2 Å². The molecule has 1 atom stereocenters. The second-order valence-corrected chi connectivity index (χ2v) is 7.19. The van der Waals surface area contributed by atoms with Crippen molar-refractivity contribution in [2.45, 2.75) is 25.8 Å². The van der Waals surface area contributed by atoms with Crippen molar-refractivity contribution in [3.05, 3.63) is 16.7 Å². The first-order valence-electron chi connectivity index (χ1n) is 9.18. The molecular weight excluding hydrogens is 302 g/mol. The van der Waals surface area contributed by atoms with E-state index in [2.05, 4.69) is 27.9 Å². The van der Waals surface area contributed by atoms with Gasteiger partial charge in [-0.05, 0) is 18.4 Å². The Bertz CT molecular complexity index is 656. The van der Waals surface area contributed by atoms with Crippen molar-refractivity contribution in [3.8, 4) is 6.07 Å². The van der Waals surface area contributed by atoms with Crippen LogP contribution >= 0.6 is 0 Å². The zero-order valence-corrected chi connectivity index (χ0v) is 14.5. The Morgan fingerprint density at radius 3 is 2.46 bits per heavy atom. The Balaban J connectivity index is 1.84. The van der Waals surface area contributed by atoms with Gasteiger partial charge in [0.2, 0.25) is 11.6 Å². The van der Waals surface area contributed by atoms with Crippen LogP contribution in [0.2, 0.25) is 0 Å². The topological polar surface area (TPSA) is 58.1 Å². The van der Waals surface area contributed by atoms with E-state index in [4.69, 9.17) is 4.74 Å². The zero-order chi connectivity index (χ0) is 16.5. The average Bonchev–Trinajstić information content (AvgIpc) is 3.15. The van der Waals surface area contributed by atoms with Gasteiger partial charge in [-0.2, -0.15) is 5.26 Å². The van der Waals surface area contributed by atoms with E-state index in [0.29, 0.717) is 0 Å². The maximum Gasteiger partial charge on any atom is 0.240 e. The minimum atomic E-state index is 0.738. The maximum atomic E-state index is 9.88. The normalized spacial score (nSPS) is 23.9. The van der Waals surface area contributed by atoms with Gasteiger partial charge in [0.05, 0.1) is 58.5 Å². The number of nitriles is 1. The molecule has 0 amide bonds. The molecule has 1 aromatic heterocycles. The van der Waals surface area contributed by atoms with Crippen LogP contribution in [-0.2, 0) is 17.7 Å². The molecule has 1 unspecified atom stereocenters. The molecule has 4 heterocycles. The third kappa shape index (κ3) is 2.72. The molecule has 2 fully saturated rings. The van der Waals surface area contributed by atoms with Crippen LogP contribution in [0.4, 0.5) is 11.6 Å². The van der Waals surface area contributed by atoms with Crippen LogP contribution in [0, 0.1) is 11.3 Å². The van der Waals surface area contributed by atoms with E-state index < -0.39 is 0 Å². The minimum absolute atomic E-state index is 0.738. The quantitative estimate of drug-likeness (QED) is 0.786. The highest BCUT2D eigenvalue weighted by atomic mass is 16.5. The average molecular weight is 329 g/mol. The largest absolute Gasteiger partial charge is 0.375 e. The lowest BCUT2D eigenvalue weighted by atomic mass is 9.95. The maximum absolute atomic E-state index is 9.88. The molecule has 3 aliphatic heterocycles. The van der Waals surface area contributed by atoms with Crippen molar-refractivity contribution in [1.29, 1.82) is 5.26 Å². The molecule has 0 bridgehead atoms. The van der Waals surface area contributed by atoms with Crippen LogP contribution in [0.5, 0.6) is 0 Å². The summed E-state index contributed by atoms with van der Waals surface area (Å²) in [5, 5.41) is 9.88. The molecule has 24 heavy (non-hydrogen) atoms. The minimum Gasteiger partial charge on any atom is -0.375 e. The first-order chi connectivity index (χ1) is 11.8. The number of nitrogens with one attached hydrogen (secondary N) is 2. The summed E-state index contributed by atoms with van der Waals surface area (Å²) in [6.07, 6.45) is 3.52. The molecule has 2 N–H and O–H groups in total. The highest BCUT2D eigenvalue weighted by Gasteiger charge is 2.34. The SMILES string of the molecule is C[NH+]1CCc2c(C#N)c(N3CCOCC3)[nH+]c(N3CCCC3)c2C1. The van der Waals surface area contributed by atoms with Crippen LogP contribution in [0.15, 0.2) is 0 Å². The molecule has 0 aromatic carbocycles.